The van der Waals surface area contributed by atoms with Crippen molar-refractivity contribution in [1.82, 2.24) is 0 Å². The Bertz CT molecular complexity index is 575. The van der Waals surface area contributed by atoms with Crippen LogP contribution in [0.25, 0.3) is 0 Å². The third-order valence-corrected chi connectivity index (χ3v) is 3.01. The fourth-order valence-electron chi connectivity index (χ4n) is 1.69. The lowest BCUT2D eigenvalue weighted by Crippen LogP contribution is -2.56. The molecule has 0 aliphatic heterocycles. The molecule has 2 nitrogen and oxygen atoms in total. The van der Waals surface area contributed by atoms with E-state index in [1.807, 2.05) is 0 Å². The molecule has 0 atom stereocenters. The molecule has 122 valence electrons. The summed E-state index contributed by atoms with van der Waals surface area (Å²) in [4.78, 5) is 11.7. The van der Waals surface area contributed by atoms with E-state index in [-0.39, 0.29) is 5.56 Å². The molecule has 0 aromatic heterocycles. The van der Waals surface area contributed by atoms with Crippen LogP contribution in [0.1, 0.15) is 5.56 Å². The van der Waals surface area contributed by atoms with Crippen LogP contribution in [0.3, 0.4) is 0 Å². The Morgan fingerprint density at radius 3 is 2.05 bits per heavy atom. The summed E-state index contributed by atoms with van der Waals surface area (Å²) >= 11 is 0. The van der Waals surface area contributed by atoms with Crippen molar-refractivity contribution in [3.05, 3.63) is 42.2 Å². The Morgan fingerprint density at radius 1 is 1.14 bits per heavy atom. The normalized spacial score (nSPS) is 12.9. The summed E-state index contributed by atoms with van der Waals surface area (Å²) in [6.07, 6.45) is -12.4. The summed E-state index contributed by atoms with van der Waals surface area (Å²) in [5.41, 5.74) is -5.19. The van der Waals surface area contributed by atoms with Crippen molar-refractivity contribution in [2.24, 2.45) is 5.41 Å². The first-order valence-corrected chi connectivity index (χ1v) is 5.71. The standard InChI is InChI=1S/C13H10F7NO/c1-3-11(12(15,16)17,13(18,19)20)10(22)21-9-6-8(14)5-4-7(9)2/h3-6H,1H2,2H3,(H,21,22). The van der Waals surface area contributed by atoms with Gasteiger partial charge >= 0.3 is 12.4 Å². The highest BCUT2D eigenvalue weighted by Crippen LogP contribution is 2.51. The van der Waals surface area contributed by atoms with Crippen LogP contribution < -0.4 is 5.32 Å². The molecule has 1 aromatic rings. The number of benzene rings is 1. The highest BCUT2D eigenvalue weighted by molar-refractivity contribution is 5.98. The second-order valence-electron chi connectivity index (χ2n) is 4.42. The molecule has 1 amide bonds. The van der Waals surface area contributed by atoms with E-state index < -0.39 is 41.3 Å². The summed E-state index contributed by atoms with van der Waals surface area (Å²) in [5.74, 6) is -3.33. The average molecular weight is 329 g/mol. The van der Waals surface area contributed by atoms with Crippen molar-refractivity contribution < 1.29 is 35.5 Å². The zero-order chi connectivity index (χ0) is 17.3. The lowest BCUT2D eigenvalue weighted by atomic mass is 9.85. The minimum Gasteiger partial charge on any atom is -0.324 e. The van der Waals surface area contributed by atoms with E-state index >= 15 is 0 Å². The molecule has 0 spiro atoms. The molecule has 1 rings (SSSR count). The first-order chi connectivity index (χ1) is 9.86. The van der Waals surface area contributed by atoms with Crippen molar-refractivity contribution in [3.63, 3.8) is 0 Å². The van der Waals surface area contributed by atoms with Crippen LogP contribution in [0.15, 0.2) is 30.9 Å². The summed E-state index contributed by atoms with van der Waals surface area (Å²) < 4.78 is 90.3. The molecule has 0 fully saturated rings. The van der Waals surface area contributed by atoms with Crippen molar-refractivity contribution >= 4 is 11.6 Å². The predicted octanol–water partition coefficient (Wildman–Crippen LogP) is 4.37. The van der Waals surface area contributed by atoms with Gasteiger partial charge in [0.15, 0.2) is 0 Å². The van der Waals surface area contributed by atoms with Crippen molar-refractivity contribution in [1.29, 1.82) is 0 Å². The highest BCUT2D eigenvalue weighted by atomic mass is 19.4. The summed E-state index contributed by atoms with van der Waals surface area (Å²) in [7, 11) is 0. The number of rotatable bonds is 3. The Balaban J connectivity index is 3.36. The first-order valence-electron chi connectivity index (χ1n) is 5.71. The van der Waals surface area contributed by atoms with Gasteiger partial charge < -0.3 is 5.32 Å². The fraction of sp³-hybridized carbons (Fsp3) is 0.308. The van der Waals surface area contributed by atoms with Gasteiger partial charge in [-0.1, -0.05) is 12.1 Å². The maximum absolute atomic E-state index is 13.0. The minimum atomic E-state index is -5.96. The molecular weight excluding hydrogens is 319 g/mol. The third-order valence-electron chi connectivity index (χ3n) is 3.01. The molecule has 0 unspecified atom stereocenters. The molecule has 22 heavy (non-hydrogen) atoms. The number of hydrogen-bond acceptors (Lipinski definition) is 1. The predicted molar refractivity (Wildman–Crippen MR) is 64.5 cm³/mol. The van der Waals surface area contributed by atoms with Crippen LogP contribution in [0.4, 0.5) is 36.4 Å². The Labute approximate surface area is 120 Å². The monoisotopic (exact) mass is 329 g/mol. The number of anilines is 1. The van der Waals surface area contributed by atoms with Gasteiger partial charge in [-0.05, 0) is 24.6 Å². The van der Waals surface area contributed by atoms with E-state index in [1.165, 1.54) is 12.2 Å². The number of nitrogens with one attached hydrogen (secondary N) is 1. The molecule has 0 bridgehead atoms. The van der Waals surface area contributed by atoms with Crippen LogP contribution >= 0.6 is 0 Å². The molecule has 0 heterocycles. The van der Waals surface area contributed by atoms with Crippen LogP contribution in [-0.4, -0.2) is 18.3 Å². The SMILES string of the molecule is C=CC(C(=O)Nc1cc(F)ccc1C)(C(F)(F)F)C(F)(F)F. The van der Waals surface area contributed by atoms with Gasteiger partial charge in [0.25, 0.3) is 11.3 Å². The molecule has 9 heteroatoms. The average Bonchev–Trinajstić information content (AvgIpc) is 2.31. The summed E-state index contributed by atoms with van der Waals surface area (Å²) in [5, 5.41) is 1.47. The second-order valence-corrected chi connectivity index (χ2v) is 4.42. The molecule has 0 aliphatic carbocycles. The number of hydrogen-bond donors (Lipinski definition) is 1. The zero-order valence-electron chi connectivity index (χ0n) is 11.1. The molecular formula is C13H10F7NO. The lowest BCUT2D eigenvalue weighted by Gasteiger charge is -2.33. The van der Waals surface area contributed by atoms with Gasteiger partial charge in [-0.25, -0.2) is 4.39 Å². The van der Waals surface area contributed by atoms with Gasteiger partial charge in [0.05, 0.1) is 0 Å². The maximum Gasteiger partial charge on any atom is 0.415 e. The Hall–Kier alpha value is -2.06. The van der Waals surface area contributed by atoms with E-state index in [9.17, 15) is 35.5 Å². The molecule has 0 aliphatic rings. The fourth-order valence-corrected chi connectivity index (χ4v) is 1.69. The number of carbonyl (C=O) groups is 1. The molecule has 0 saturated carbocycles. The van der Waals surface area contributed by atoms with Crippen molar-refractivity contribution in [2.75, 3.05) is 5.32 Å². The molecule has 1 aromatic carbocycles. The smallest absolute Gasteiger partial charge is 0.324 e. The largest absolute Gasteiger partial charge is 0.415 e. The molecule has 0 radical (unpaired) electrons. The van der Waals surface area contributed by atoms with Gasteiger partial charge in [0.2, 0.25) is 0 Å². The van der Waals surface area contributed by atoms with E-state index in [4.69, 9.17) is 0 Å². The zero-order valence-corrected chi connectivity index (χ0v) is 11.1. The second kappa shape index (κ2) is 5.62. The van der Waals surface area contributed by atoms with Gasteiger partial charge in [-0.3, -0.25) is 4.79 Å². The topological polar surface area (TPSA) is 29.1 Å². The van der Waals surface area contributed by atoms with Gasteiger partial charge in [-0.2, -0.15) is 26.3 Å². The number of amides is 1. The number of halogens is 7. The van der Waals surface area contributed by atoms with Gasteiger partial charge in [-0.15, -0.1) is 6.58 Å². The quantitative estimate of drug-likeness (QED) is 0.647. The van der Waals surface area contributed by atoms with Crippen LogP contribution in [-0.2, 0) is 4.79 Å². The molecule has 0 saturated heterocycles. The summed E-state index contributed by atoms with van der Waals surface area (Å²) in [6.45, 7) is 3.78. The van der Waals surface area contributed by atoms with E-state index in [2.05, 4.69) is 6.58 Å². The first kappa shape index (κ1) is 18.0. The molecule has 1 N–H and O–H groups in total. The van der Waals surface area contributed by atoms with Crippen molar-refractivity contribution in [3.8, 4) is 0 Å². The number of carbonyl (C=O) groups excluding carboxylic acids is 1. The van der Waals surface area contributed by atoms with Crippen LogP contribution in [0, 0.1) is 18.2 Å². The van der Waals surface area contributed by atoms with E-state index in [0.717, 1.165) is 12.1 Å². The minimum absolute atomic E-state index is 0.0945. The van der Waals surface area contributed by atoms with Crippen molar-refractivity contribution in [2.45, 2.75) is 19.3 Å². The Kier molecular flexibility index (Phi) is 4.59. The number of alkyl halides is 6. The van der Waals surface area contributed by atoms with E-state index in [0.29, 0.717) is 6.07 Å². The third kappa shape index (κ3) is 2.93. The summed E-state index contributed by atoms with van der Waals surface area (Å²) in [6, 6.07) is 2.66. The van der Waals surface area contributed by atoms with E-state index in [1.54, 1.807) is 0 Å². The van der Waals surface area contributed by atoms with Crippen LogP contribution in [0.5, 0.6) is 0 Å². The highest BCUT2D eigenvalue weighted by Gasteiger charge is 2.73. The Morgan fingerprint density at radius 2 is 1.64 bits per heavy atom. The van der Waals surface area contributed by atoms with Gasteiger partial charge in [0, 0.05) is 5.69 Å². The number of aryl methyl sites for hydroxylation is 1. The van der Waals surface area contributed by atoms with Gasteiger partial charge in [0.1, 0.15) is 5.82 Å². The van der Waals surface area contributed by atoms with Crippen LogP contribution in [0.2, 0.25) is 0 Å². The maximum atomic E-state index is 13.0. The lowest BCUT2D eigenvalue weighted by molar-refractivity contribution is -0.305.